The lowest BCUT2D eigenvalue weighted by Gasteiger charge is -2.33. The second kappa shape index (κ2) is 6.05. The zero-order valence-corrected chi connectivity index (χ0v) is 14.1. The van der Waals surface area contributed by atoms with E-state index in [9.17, 15) is 4.79 Å². The largest absolute Gasteiger partial charge is 0.333 e. The van der Waals surface area contributed by atoms with Crippen molar-refractivity contribution in [3.8, 4) is 0 Å². The fraction of sp³-hybridized carbons (Fsp3) is 0.750. The van der Waals surface area contributed by atoms with E-state index in [2.05, 4.69) is 28.8 Å². The first-order chi connectivity index (χ1) is 10.1. The number of carbonyl (C=O) groups excluding carboxylic acids is 1. The van der Waals surface area contributed by atoms with Gasteiger partial charge < -0.3 is 9.80 Å². The van der Waals surface area contributed by atoms with Crippen molar-refractivity contribution in [2.24, 2.45) is 0 Å². The van der Waals surface area contributed by atoms with Crippen molar-refractivity contribution in [1.29, 1.82) is 0 Å². The minimum absolute atomic E-state index is 0.215. The van der Waals surface area contributed by atoms with Crippen LogP contribution in [0.2, 0.25) is 0 Å². The molecule has 0 bridgehead atoms. The quantitative estimate of drug-likeness (QED) is 0.861. The number of aromatic nitrogens is 1. The Kier molecular flexibility index (Phi) is 4.31. The van der Waals surface area contributed by atoms with Crippen molar-refractivity contribution in [3.63, 3.8) is 0 Å². The average Bonchev–Trinajstić information content (AvgIpc) is 3.16. The fourth-order valence-corrected chi connectivity index (χ4v) is 4.76. The van der Waals surface area contributed by atoms with Gasteiger partial charge in [0.1, 0.15) is 4.88 Å². The van der Waals surface area contributed by atoms with Crippen LogP contribution in [0.4, 0.5) is 0 Å². The van der Waals surface area contributed by atoms with Gasteiger partial charge in [0, 0.05) is 18.6 Å². The van der Waals surface area contributed by atoms with Crippen molar-refractivity contribution in [3.05, 3.63) is 15.6 Å². The van der Waals surface area contributed by atoms with Crippen molar-refractivity contribution < 1.29 is 4.79 Å². The summed E-state index contributed by atoms with van der Waals surface area (Å²) in [5.41, 5.74) is 0.910. The highest BCUT2D eigenvalue weighted by atomic mass is 32.1. The molecule has 0 aromatic carbocycles. The molecule has 0 N–H and O–H groups in total. The SMILES string of the molecule is CCc1nc(C)c(C(=O)N2CCCC2C2CCCN2C)s1. The molecular formula is C16H25N3OS. The first-order valence-corrected chi connectivity index (χ1v) is 8.91. The normalized spacial score (nSPS) is 26.7. The van der Waals surface area contributed by atoms with Gasteiger partial charge in [-0.2, -0.15) is 0 Å². The van der Waals surface area contributed by atoms with Crippen LogP contribution in [0.3, 0.4) is 0 Å². The smallest absolute Gasteiger partial charge is 0.266 e. The number of hydrogen-bond donors (Lipinski definition) is 0. The Bertz CT molecular complexity index is 528. The van der Waals surface area contributed by atoms with E-state index in [1.807, 2.05) is 6.92 Å². The maximum absolute atomic E-state index is 12.9. The molecule has 3 heterocycles. The van der Waals surface area contributed by atoms with Gasteiger partial charge in [0.05, 0.1) is 10.7 Å². The molecule has 1 aromatic heterocycles. The number of thiazole rings is 1. The van der Waals surface area contributed by atoms with E-state index in [0.717, 1.165) is 41.4 Å². The van der Waals surface area contributed by atoms with Crippen LogP contribution in [-0.2, 0) is 6.42 Å². The molecule has 0 spiro atoms. The zero-order chi connectivity index (χ0) is 15.0. The summed E-state index contributed by atoms with van der Waals surface area (Å²) in [6.45, 7) is 6.14. The summed E-state index contributed by atoms with van der Waals surface area (Å²) in [6.07, 6.45) is 5.69. The Morgan fingerprint density at radius 1 is 1.29 bits per heavy atom. The van der Waals surface area contributed by atoms with E-state index in [4.69, 9.17) is 0 Å². The van der Waals surface area contributed by atoms with Crippen molar-refractivity contribution in [2.45, 2.75) is 58.0 Å². The van der Waals surface area contributed by atoms with Crippen LogP contribution in [0.1, 0.15) is 53.0 Å². The molecule has 1 aromatic rings. The van der Waals surface area contributed by atoms with Crippen molar-refractivity contribution >= 4 is 17.2 Å². The first-order valence-electron chi connectivity index (χ1n) is 8.09. The molecule has 116 valence electrons. The average molecular weight is 307 g/mol. The monoisotopic (exact) mass is 307 g/mol. The van der Waals surface area contributed by atoms with Crippen LogP contribution in [-0.4, -0.2) is 52.9 Å². The van der Waals surface area contributed by atoms with Crippen LogP contribution in [0, 0.1) is 6.92 Å². The minimum Gasteiger partial charge on any atom is -0.333 e. The molecule has 21 heavy (non-hydrogen) atoms. The second-order valence-electron chi connectivity index (χ2n) is 6.27. The fourth-order valence-electron chi connectivity index (χ4n) is 3.80. The summed E-state index contributed by atoms with van der Waals surface area (Å²) in [5, 5.41) is 1.07. The molecule has 3 rings (SSSR count). The first kappa shape index (κ1) is 15.0. The van der Waals surface area contributed by atoms with Crippen LogP contribution >= 0.6 is 11.3 Å². The van der Waals surface area contributed by atoms with Crippen LogP contribution in [0.25, 0.3) is 0 Å². The minimum atomic E-state index is 0.215. The molecule has 0 aliphatic carbocycles. The summed E-state index contributed by atoms with van der Waals surface area (Å²) in [5.74, 6) is 0.215. The van der Waals surface area contributed by atoms with E-state index in [0.29, 0.717) is 12.1 Å². The van der Waals surface area contributed by atoms with Gasteiger partial charge >= 0.3 is 0 Å². The molecule has 5 heteroatoms. The molecule has 2 atom stereocenters. The molecule has 2 aliphatic heterocycles. The van der Waals surface area contributed by atoms with E-state index in [-0.39, 0.29) is 5.91 Å². The van der Waals surface area contributed by atoms with Crippen molar-refractivity contribution in [1.82, 2.24) is 14.8 Å². The third kappa shape index (κ3) is 2.73. The molecule has 0 radical (unpaired) electrons. The molecule has 2 saturated heterocycles. The summed E-state index contributed by atoms with van der Waals surface area (Å²) in [4.78, 5) is 22.9. The molecule has 4 nitrogen and oxygen atoms in total. The second-order valence-corrected chi connectivity index (χ2v) is 7.36. The van der Waals surface area contributed by atoms with Gasteiger partial charge in [-0.05, 0) is 52.6 Å². The molecule has 2 aliphatic rings. The standard InChI is InChI=1S/C16H25N3OS/c1-4-14-17-11(2)15(21-14)16(20)19-10-6-8-13(19)12-7-5-9-18(12)3/h12-13H,4-10H2,1-3H3. The number of rotatable bonds is 3. The number of carbonyl (C=O) groups is 1. The van der Waals surface area contributed by atoms with Gasteiger partial charge in [-0.3, -0.25) is 4.79 Å². The Balaban J connectivity index is 1.81. The van der Waals surface area contributed by atoms with Crippen LogP contribution in [0.15, 0.2) is 0 Å². The zero-order valence-electron chi connectivity index (χ0n) is 13.3. The lowest BCUT2D eigenvalue weighted by atomic mass is 10.0. The molecule has 2 unspecified atom stereocenters. The Labute approximate surface area is 131 Å². The lowest BCUT2D eigenvalue weighted by molar-refractivity contribution is 0.0668. The van der Waals surface area contributed by atoms with Crippen molar-refractivity contribution in [2.75, 3.05) is 20.1 Å². The molecule has 2 fully saturated rings. The summed E-state index contributed by atoms with van der Waals surface area (Å²) in [6, 6.07) is 0.951. The lowest BCUT2D eigenvalue weighted by Crippen LogP contribution is -2.47. The van der Waals surface area contributed by atoms with Gasteiger partial charge in [-0.25, -0.2) is 4.98 Å². The Morgan fingerprint density at radius 2 is 2.00 bits per heavy atom. The van der Waals surface area contributed by atoms with E-state index in [1.54, 1.807) is 11.3 Å². The van der Waals surface area contributed by atoms with Gasteiger partial charge in [-0.1, -0.05) is 6.92 Å². The maximum atomic E-state index is 12.9. The third-order valence-electron chi connectivity index (χ3n) is 4.92. The Hall–Kier alpha value is -0.940. The van der Waals surface area contributed by atoms with E-state index >= 15 is 0 Å². The number of nitrogens with zero attached hydrogens (tertiary/aromatic N) is 3. The number of likely N-dealkylation sites (N-methyl/N-ethyl adjacent to an activating group) is 1. The van der Waals surface area contributed by atoms with Gasteiger partial charge in [0.25, 0.3) is 5.91 Å². The highest BCUT2D eigenvalue weighted by Crippen LogP contribution is 2.31. The highest BCUT2D eigenvalue weighted by Gasteiger charge is 2.39. The predicted octanol–water partition coefficient (Wildman–Crippen LogP) is 2.71. The number of amides is 1. The van der Waals surface area contributed by atoms with Crippen LogP contribution in [0.5, 0.6) is 0 Å². The Morgan fingerprint density at radius 3 is 2.62 bits per heavy atom. The van der Waals surface area contributed by atoms with E-state index < -0.39 is 0 Å². The number of aryl methyl sites for hydroxylation is 2. The topological polar surface area (TPSA) is 36.4 Å². The summed E-state index contributed by atoms with van der Waals surface area (Å²) < 4.78 is 0. The van der Waals surface area contributed by atoms with Gasteiger partial charge in [0.15, 0.2) is 0 Å². The molecule has 1 amide bonds. The van der Waals surface area contributed by atoms with Gasteiger partial charge in [-0.15, -0.1) is 11.3 Å². The molecular weight excluding hydrogens is 282 g/mol. The summed E-state index contributed by atoms with van der Waals surface area (Å²) in [7, 11) is 2.20. The highest BCUT2D eigenvalue weighted by molar-refractivity contribution is 7.13. The van der Waals surface area contributed by atoms with E-state index in [1.165, 1.54) is 19.4 Å². The number of hydrogen-bond acceptors (Lipinski definition) is 4. The predicted molar refractivity (Wildman–Crippen MR) is 85.9 cm³/mol. The number of likely N-dealkylation sites (tertiary alicyclic amines) is 2. The third-order valence-corrected chi connectivity index (χ3v) is 6.21. The van der Waals surface area contributed by atoms with Crippen LogP contribution < -0.4 is 0 Å². The maximum Gasteiger partial charge on any atom is 0.266 e. The summed E-state index contributed by atoms with van der Waals surface area (Å²) >= 11 is 1.58. The van der Waals surface area contributed by atoms with Gasteiger partial charge in [0.2, 0.25) is 0 Å². The molecule has 0 saturated carbocycles.